The van der Waals surface area contributed by atoms with Crippen LogP contribution < -0.4 is 16.7 Å². The summed E-state index contributed by atoms with van der Waals surface area (Å²) in [4.78, 5) is 30.9. The average molecular weight is 448 g/mol. The molecule has 8 heteroatoms. The van der Waals surface area contributed by atoms with Crippen LogP contribution in [0.4, 0.5) is 0 Å². The van der Waals surface area contributed by atoms with Gasteiger partial charge >= 0.3 is 5.69 Å². The number of benzene rings is 2. The first-order chi connectivity index (χ1) is 15.9. The Morgan fingerprint density at radius 1 is 1.18 bits per heavy atom. The summed E-state index contributed by atoms with van der Waals surface area (Å²) in [5.41, 5.74) is 10.2. The predicted molar refractivity (Wildman–Crippen MR) is 129 cm³/mol. The number of amides is 1. The van der Waals surface area contributed by atoms with Crippen molar-refractivity contribution in [2.45, 2.75) is 39.3 Å². The van der Waals surface area contributed by atoms with Gasteiger partial charge in [-0.3, -0.25) is 9.36 Å². The zero-order valence-electron chi connectivity index (χ0n) is 18.8. The maximum absolute atomic E-state index is 12.6. The van der Waals surface area contributed by atoms with Crippen LogP contribution in [-0.4, -0.2) is 38.1 Å². The van der Waals surface area contributed by atoms with Gasteiger partial charge in [0.15, 0.2) is 0 Å². The molecule has 8 nitrogen and oxygen atoms in total. The lowest BCUT2D eigenvalue weighted by atomic mass is 10.0. The molecule has 172 valence electrons. The largest absolute Gasteiger partial charge is 0.493 e. The van der Waals surface area contributed by atoms with E-state index in [0.717, 1.165) is 34.0 Å². The SMILES string of the molecule is CC(C)NC(=O)c1cccc(Cn2c(O)c(Cc3ccc4[nH]cc(CCN)c4c3)[nH]c2=O)c1. The van der Waals surface area contributed by atoms with Gasteiger partial charge in [0.1, 0.15) is 0 Å². The van der Waals surface area contributed by atoms with Crippen LogP contribution in [0.3, 0.4) is 0 Å². The van der Waals surface area contributed by atoms with Gasteiger partial charge in [-0.05, 0) is 67.8 Å². The number of imidazole rings is 1. The van der Waals surface area contributed by atoms with Crippen molar-refractivity contribution in [1.82, 2.24) is 19.9 Å². The fourth-order valence-corrected chi connectivity index (χ4v) is 4.02. The van der Waals surface area contributed by atoms with Crippen LogP contribution >= 0.6 is 0 Å². The minimum Gasteiger partial charge on any atom is -0.493 e. The van der Waals surface area contributed by atoms with Gasteiger partial charge in [-0.1, -0.05) is 18.2 Å². The number of fused-ring (bicyclic) bond motifs is 1. The molecule has 0 saturated carbocycles. The Morgan fingerprint density at radius 3 is 2.76 bits per heavy atom. The summed E-state index contributed by atoms with van der Waals surface area (Å²) in [6.07, 6.45) is 3.12. The Labute approximate surface area is 191 Å². The van der Waals surface area contributed by atoms with Gasteiger partial charge in [0, 0.05) is 35.1 Å². The van der Waals surface area contributed by atoms with E-state index in [1.54, 1.807) is 18.2 Å². The number of rotatable bonds is 8. The van der Waals surface area contributed by atoms with Crippen molar-refractivity contribution >= 4 is 16.8 Å². The van der Waals surface area contributed by atoms with E-state index in [1.807, 2.05) is 38.2 Å². The van der Waals surface area contributed by atoms with Crippen LogP contribution in [-0.2, 0) is 19.4 Å². The molecule has 0 bridgehead atoms. The van der Waals surface area contributed by atoms with Crippen molar-refractivity contribution in [2.75, 3.05) is 6.54 Å². The molecular formula is C25H29N5O3. The number of nitrogens with zero attached hydrogens (tertiary/aromatic N) is 1. The van der Waals surface area contributed by atoms with E-state index in [4.69, 9.17) is 5.73 Å². The molecule has 4 rings (SSSR count). The van der Waals surface area contributed by atoms with Gasteiger partial charge in [-0.25, -0.2) is 4.79 Å². The highest BCUT2D eigenvalue weighted by Crippen LogP contribution is 2.24. The molecule has 0 atom stereocenters. The maximum Gasteiger partial charge on any atom is 0.328 e. The fraction of sp³-hybridized carbons (Fsp3) is 0.280. The van der Waals surface area contributed by atoms with E-state index in [2.05, 4.69) is 21.4 Å². The molecule has 2 aromatic carbocycles. The van der Waals surface area contributed by atoms with E-state index in [0.29, 0.717) is 24.2 Å². The molecule has 33 heavy (non-hydrogen) atoms. The zero-order chi connectivity index (χ0) is 23.5. The lowest BCUT2D eigenvalue weighted by molar-refractivity contribution is 0.0943. The van der Waals surface area contributed by atoms with Crippen molar-refractivity contribution in [2.24, 2.45) is 5.73 Å². The second-order valence-electron chi connectivity index (χ2n) is 8.56. The number of aromatic amines is 2. The summed E-state index contributed by atoms with van der Waals surface area (Å²) in [6.45, 7) is 4.51. The molecule has 6 N–H and O–H groups in total. The molecule has 2 aromatic heterocycles. The number of carbonyl (C=O) groups excluding carboxylic acids is 1. The predicted octanol–water partition coefficient (Wildman–Crippen LogP) is 2.64. The van der Waals surface area contributed by atoms with Crippen LogP contribution in [0, 0.1) is 0 Å². The van der Waals surface area contributed by atoms with E-state index < -0.39 is 5.69 Å². The second kappa shape index (κ2) is 9.38. The summed E-state index contributed by atoms with van der Waals surface area (Å²) in [5, 5.41) is 14.7. The molecule has 2 heterocycles. The van der Waals surface area contributed by atoms with Gasteiger partial charge in [-0.2, -0.15) is 0 Å². The molecule has 0 aliphatic rings. The molecule has 0 aliphatic carbocycles. The Balaban J connectivity index is 1.57. The molecule has 0 aliphatic heterocycles. The van der Waals surface area contributed by atoms with Crippen molar-refractivity contribution < 1.29 is 9.90 Å². The van der Waals surface area contributed by atoms with E-state index in [-0.39, 0.29) is 24.4 Å². The molecule has 0 unspecified atom stereocenters. The highest BCUT2D eigenvalue weighted by atomic mass is 16.3. The molecule has 0 saturated heterocycles. The minimum atomic E-state index is -0.397. The normalized spacial score (nSPS) is 11.4. The number of nitrogens with one attached hydrogen (secondary N) is 3. The van der Waals surface area contributed by atoms with Gasteiger partial charge in [0.2, 0.25) is 5.88 Å². The van der Waals surface area contributed by atoms with Crippen LogP contribution in [0.15, 0.2) is 53.5 Å². The van der Waals surface area contributed by atoms with Crippen LogP contribution in [0.5, 0.6) is 5.88 Å². The first-order valence-electron chi connectivity index (χ1n) is 11.0. The van der Waals surface area contributed by atoms with Crippen molar-refractivity contribution in [3.8, 4) is 5.88 Å². The Hall–Kier alpha value is -3.78. The quantitative estimate of drug-likeness (QED) is 0.284. The lowest BCUT2D eigenvalue weighted by Crippen LogP contribution is -2.30. The Bertz CT molecular complexity index is 1350. The van der Waals surface area contributed by atoms with Gasteiger partial charge in [-0.15, -0.1) is 0 Å². The smallest absolute Gasteiger partial charge is 0.328 e. The first-order valence-corrected chi connectivity index (χ1v) is 11.0. The highest BCUT2D eigenvalue weighted by molar-refractivity contribution is 5.94. The van der Waals surface area contributed by atoms with Gasteiger partial charge in [0.25, 0.3) is 5.91 Å². The van der Waals surface area contributed by atoms with Crippen molar-refractivity contribution in [3.63, 3.8) is 0 Å². The van der Waals surface area contributed by atoms with E-state index in [9.17, 15) is 14.7 Å². The summed E-state index contributed by atoms with van der Waals surface area (Å²) in [6, 6.07) is 13.1. The van der Waals surface area contributed by atoms with Crippen LogP contribution in [0.2, 0.25) is 0 Å². The number of H-pyrrole nitrogens is 2. The lowest BCUT2D eigenvalue weighted by Gasteiger charge is -2.10. The van der Waals surface area contributed by atoms with Crippen LogP contribution in [0.1, 0.15) is 46.6 Å². The van der Waals surface area contributed by atoms with Crippen LogP contribution in [0.25, 0.3) is 10.9 Å². The Kier molecular flexibility index (Phi) is 6.37. The number of hydrogen-bond acceptors (Lipinski definition) is 4. The Morgan fingerprint density at radius 2 is 2.00 bits per heavy atom. The van der Waals surface area contributed by atoms with Crippen molar-refractivity contribution in [1.29, 1.82) is 0 Å². The third kappa shape index (κ3) is 4.85. The molecule has 0 fully saturated rings. The monoisotopic (exact) mass is 447 g/mol. The minimum absolute atomic E-state index is 0.0249. The summed E-state index contributed by atoms with van der Waals surface area (Å²) in [5.74, 6) is -0.277. The molecule has 0 spiro atoms. The zero-order valence-corrected chi connectivity index (χ0v) is 18.8. The number of aromatic hydroxyl groups is 1. The highest BCUT2D eigenvalue weighted by Gasteiger charge is 2.16. The summed E-state index contributed by atoms with van der Waals surface area (Å²) in [7, 11) is 0. The van der Waals surface area contributed by atoms with Gasteiger partial charge < -0.3 is 26.1 Å². The number of nitrogens with two attached hydrogens (primary N) is 1. The van der Waals surface area contributed by atoms with E-state index >= 15 is 0 Å². The second-order valence-corrected chi connectivity index (χ2v) is 8.56. The number of carbonyl (C=O) groups is 1. The van der Waals surface area contributed by atoms with Crippen molar-refractivity contribution in [3.05, 3.63) is 87.1 Å². The standard InChI is InChI=1S/C25H29N5O3/c1-15(2)28-23(31)18-5-3-4-17(10-18)14-30-24(32)22(29-25(30)33)12-16-6-7-21-20(11-16)19(8-9-26)13-27-21/h3-7,10-11,13,15,27,32H,8-9,12,14,26H2,1-2H3,(H,28,31)(H,29,33). The topological polar surface area (TPSA) is 129 Å². The third-order valence-electron chi connectivity index (χ3n) is 5.60. The molecule has 4 aromatic rings. The molecule has 0 radical (unpaired) electrons. The summed E-state index contributed by atoms with van der Waals surface area (Å²) < 4.78 is 1.28. The third-order valence-corrected chi connectivity index (χ3v) is 5.60. The summed E-state index contributed by atoms with van der Waals surface area (Å²) >= 11 is 0. The average Bonchev–Trinajstić information content (AvgIpc) is 3.29. The number of hydrogen-bond donors (Lipinski definition) is 5. The molecule has 1 amide bonds. The van der Waals surface area contributed by atoms with Gasteiger partial charge in [0.05, 0.1) is 12.2 Å². The molecular weight excluding hydrogens is 418 g/mol. The first kappa shape index (κ1) is 22.4. The number of aromatic nitrogens is 3. The fourth-order valence-electron chi connectivity index (χ4n) is 4.02. The maximum atomic E-state index is 12.6. The van der Waals surface area contributed by atoms with E-state index in [1.165, 1.54) is 4.57 Å².